The van der Waals surface area contributed by atoms with E-state index in [0.29, 0.717) is 12.3 Å². The molecule has 3 N–H and O–H groups in total. The highest BCUT2D eigenvalue weighted by atomic mass is 16.3. The Morgan fingerprint density at radius 3 is 2.72 bits per heavy atom. The van der Waals surface area contributed by atoms with E-state index < -0.39 is 0 Å². The van der Waals surface area contributed by atoms with Gasteiger partial charge < -0.3 is 15.5 Å². The molecule has 0 aliphatic carbocycles. The molecular formula is C15H17NO2. The van der Waals surface area contributed by atoms with E-state index in [1.165, 1.54) is 0 Å². The number of aryl methyl sites for hydroxylation is 1. The summed E-state index contributed by atoms with van der Waals surface area (Å²) in [5.74, 6) is 0.298. The largest absolute Gasteiger partial charge is 0.508 e. The Labute approximate surface area is 107 Å². The maximum absolute atomic E-state index is 9.73. The molecular weight excluding hydrogens is 226 g/mol. The lowest BCUT2D eigenvalue weighted by atomic mass is 10.1. The Bertz CT molecular complexity index is 538. The van der Waals surface area contributed by atoms with E-state index in [-0.39, 0.29) is 6.61 Å². The number of rotatable bonds is 4. The third-order valence-electron chi connectivity index (χ3n) is 2.83. The van der Waals surface area contributed by atoms with E-state index in [1.807, 2.05) is 43.3 Å². The van der Waals surface area contributed by atoms with Crippen molar-refractivity contribution in [1.29, 1.82) is 0 Å². The molecule has 3 heteroatoms. The number of hydrogen-bond acceptors (Lipinski definition) is 3. The van der Waals surface area contributed by atoms with Crippen molar-refractivity contribution in [2.24, 2.45) is 0 Å². The number of anilines is 1. The fraction of sp³-hybridized carbons (Fsp3) is 0.200. The summed E-state index contributed by atoms with van der Waals surface area (Å²) in [6.45, 7) is 2.59. The molecule has 0 heterocycles. The number of benzene rings is 2. The number of phenols is 1. The maximum atomic E-state index is 9.73. The van der Waals surface area contributed by atoms with Gasteiger partial charge in [0, 0.05) is 17.8 Å². The second-order valence-electron chi connectivity index (χ2n) is 4.34. The lowest BCUT2D eigenvalue weighted by Gasteiger charge is -2.10. The van der Waals surface area contributed by atoms with E-state index >= 15 is 0 Å². The molecule has 18 heavy (non-hydrogen) atoms. The Kier molecular flexibility index (Phi) is 3.85. The van der Waals surface area contributed by atoms with Gasteiger partial charge in [-0.25, -0.2) is 0 Å². The minimum absolute atomic E-state index is 0.0330. The standard InChI is InChI=1S/C15H17NO2/c1-11-5-6-15(18)13(7-11)9-16-14-4-2-3-12(8-14)10-17/h2-8,16-18H,9-10H2,1H3. The Morgan fingerprint density at radius 2 is 1.94 bits per heavy atom. The number of nitrogens with one attached hydrogen (secondary N) is 1. The normalized spacial score (nSPS) is 10.3. The molecule has 2 aromatic carbocycles. The highest BCUT2D eigenvalue weighted by Gasteiger charge is 2.01. The predicted octanol–water partition coefficient (Wildman–Crippen LogP) is 2.81. The van der Waals surface area contributed by atoms with Gasteiger partial charge in [-0.3, -0.25) is 0 Å². The van der Waals surface area contributed by atoms with Crippen LogP contribution in [0, 0.1) is 6.92 Å². The summed E-state index contributed by atoms with van der Waals surface area (Å²) in [7, 11) is 0. The molecule has 2 rings (SSSR count). The smallest absolute Gasteiger partial charge is 0.120 e. The first-order chi connectivity index (χ1) is 8.69. The first kappa shape index (κ1) is 12.5. The van der Waals surface area contributed by atoms with Crippen molar-refractivity contribution in [3.05, 3.63) is 59.2 Å². The topological polar surface area (TPSA) is 52.5 Å². The fourth-order valence-corrected chi connectivity index (χ4v) is 1.83. The number of aliphatic hydroxyl groups excluding tert-OH is 1. The highest BCUT2D eigenvalue weighted by Crippen LogP contribution is 2.20. The van der Waals surface area contributed by atoms with Crippen LogP contribution in [0.3, 0.4) is 0 Å². The summed E-state index contributed by atoms with van der Waals surface area (Å²) < 4.78 is 0. The lowest BCUT2D eigenvalue weighted by molar-refractivity contribution is 0.282. The summed E-state index contributed by atoms with van der Waals surface area (Å²) in [5, 5.41) is 22.0. The van der Waals surface area contributed by atoms with Gasteiger partial charge in [0.2, 0.25) is 0 Å². The Hall–Kier alpha value is -2.00. The molecule has 2 aromatic rings. The van der Waals surface area contributed by atoms with Gasteiger partial charge in [0.15, 0.2) is 0 Å². The van der Waals surface area contributed by atoms with Crippen LogP contribution in [0.1, 0.15) is 16.7 Å². The van der Waals surface area contributed by atoms with Gasteiger partial charge in [-0.05, 0) is 30.7 Å². The number of aromatic hydroxyl groups is 1. The van der Waals surface area contributed by atoms with Gasteiger partial charge in [-0.15, -0.1) is 0 Å². The maximum Gasteiger partial charge on any atom is 0.120 e. The summed E-state index contributed by atoms with van der Waals surface area (Å²) >= 11 is 0. The third-order valence-corrected chi connectivity index (χ3v) is 2.83. The highest BCUT2D eigenvalue weighted by molar-refractivity contribution is 5.47. The second kappa shape index (κ2) is 5.56. The van der Waals surface area contributed by atoms with Crippen molar-refractivity contribution in [3.8, 4) is 5.75 Å². The van der Waals surface area contributed by atoms with Crippen molar-refractivity contribution in [2.45, 2.75) is 20.1 Å². The summed E-state index contributed by atoms with van der Waals surface area (Å²) in [4.78, 5) is 0. The van der Waals surface area contributed by atoms with Crippen LogP contribution in [0.15, 0.2) is 42.5 Å². The predicted molar refractivity (Wildman–Crippen MR) is 72.5 cm³/mol. The number of hydrogen-bond donors (Lipinski definition) is 3. The zero-order chi connectivity index (χ0) is 13.0. The molecule has 0 aromatic heterocycles. The van der Waals surface area contributed by atoms with Gasteiger partial charge in [0.05, 0.1) is 6.61 Å². The molecule has 0 radical (unpaired) electrons. The Balaban J connectivity index is 2.08. The molecule has 0 spiro atoms. The van der Waals surface area contributed by atoms with Crippen LogP contribution >= 0.6 is 0 Å². The monoisotopic (exact) mass is 243 g/mol. The quantitative estimate of drug-likeness (QED) is 0.774. The van der Waals surface area contributed by atoms with Crippen molar-refractivity contribution >= 4 is 5.69 Å². The van der Waals surface area contributed by atoms with Gasteiger partial charge >= 0.3 is 0 Å². The second-order valence-corrected chi connectivity index (χ2v) is 4.34. The van der Waals surface area contributed by atoms with Crippen LogP contribution in [0.2, 0.25) is 0 Å². The molecule has 0 atom stereocenters. The SMILES string of the molecule is Cc1ccc(O)c(CNc2cccc(CO)c2)c1. The molecule has 0 saturated heterocycles. The summed E-state index contributed by atoms with van der Waals surface area (Å²) in [6, 6.07) is 13.1. The van der Waals surface area contributed by atoms with Crippen molar-refractivity contribution in [2.75, 3.05) is 5.32 Å². The van der Waals surface area contributed by atoms with Gasteiger partial charge in [-0.1, -0.05) is 29.8 Å². The average molecular weight is 243 g/mol. The molecule has 0 amide bonds. The van der Waals surface area contributed by atoms with E-state index in [1.54, 1.807) is 6.07 Å². The molecule has 0 saturated carbocycles. The average Bonchev–Trinajstić information content (AvgIpc) is 2.40. The first-order valence-electron chi connectivity index (χ1n) is 5.91. The number of aliphatic hydroxyl groups is 1. The molecule has 0 aliphatic rings. The van der Waals surface area contributed by atoms with Crippen LogP contribution in [0.4, 0.5) is 5.69 Å². The molecule has 3 nitrogen and oxygen atoms in total. The molecule has 0 fully saturated rings. The third kappa shape index (κ3) is 3.02. The van der Waals surface area contributed by atoms with Crippen LogP contribution in [0.5, 0.6) is 5.75 Å². The summed E-state index contributed by atoms with van der Waals surface area (Å²) in [5.41, 5.74) is 3.79. The van der Waals surface area contributed by atoms with Gasteiger partial charge in [0.25, 0.3) is 0 Å². The van der Waals surface area contributed by atoms with Crippen LogP contribution in [-0.4, -0.2) is 10.2 Å². The van der Waals surface area contributed by atoms with Crippen molar-refractivity contribution < 1.29 is 10.2 Å². The van der Waals surface area contributed by atoms with Crippen LogP contribution in [-0.2, 0) is 13.2 Å². The van der Waals surface area contributed by atoms with Gasteiger partial charge in [0.1, 0.15) is 5.75 Å². The molecule has 94 valence electrons. The minimum Gasteiger partial charge on any atom is -0.508 e. The lowest BCUT2D eigenvalue weighted by Crippen LogP contribution is -2.00. The first-order valence-corrected chi connectivity index (χ1v) is 5.91. The van der Waals surface area contributed by atoms with Gasteiger partial charge in [-0.2, -0.15) is 0 Å². The van der Waals surface area contributed by atoms with Crippen LogP contribution < -0.4 is 5.32 Å². The minimum atomic E-state index is 0.0330. The molecule has 0 bridgehead atoms. The van der Waals surface area contributed by atoms with E-state index in [0.717, 1.165) is 22.4 Å². The van der Waals surface area contributed by atoms with E-state index in [9.17, 15) is 5.11 Å². The fourth-order valence-electron chi connectivity index (χ4n) is 1.83. The molecule has 0 aliphatic heterocycles. The number of phenolic OH excluding ortho intramolecular Hbond substituents is 1. The van der Waals surface area contributed by atoms with Crippen LogP contribution in [0.25, 0.3) is 0 Å². The molecule has 0 unspecified atom stereocenters. The van der Waals surface area contributed by atoms with E-state index in [4.69, 9.17) is 5.11 Å². The van der Waals surface area contributed by atoms with E-state index in [2.05, 4.69) is 5.32 Å². The zero-order valence-corrected chi connectivity index (χ0v) is 10.4. The van der Waals surface area contributed by atoms with Crippen molar-refractivity contribution in [3.63, 3.8) is 0 Å². The van der Waals surface area contributed by atoms with Crippen molar-refractivity contribution in [1.82, 2.24) is 0 Å². The summed E-state index contributed by atoms with van der Waals surface area (Å²) in [6.07, 6.45) is 0. The Morgan fingerprint density at radius 1 is 1.11 bits per heavy atom. The zero-order valence-electron chi connectivity index (χ0n) is 10.4.